The van der Waals surface area contributed by atoms with Crippen molar-refractivity contribution < 1.29 is 18.3 Å². The lowest BCUT2D eigenvalue weighted by atomic mass is 9.99. The molecule has 5 nitrogen and oxygen atoms in total. The zero-order valence-corrected chi connectivity index (χ0v) is 19.6. The molecule has 4 aromatic rings. The van der Waals surface area contributed by atoms with Crippen molar-refractivity contribution >= 4 is 32.5 Å². The predicted molar refractivity (Wildman–Crippen MR) is 136 cm³/mol. The number of hydrogen-bond donors (Lipinski definition) is 2. The highest BCUT2D eigenvalue weighted by atomic mass is 32.2. The molecule has 0 atom stereocenters. The number of hydrogen-bond acceptors (Lipinski definition) is 3. The lowest BCUT2D eigenvalue weighted by Crippen LogP contribution is -2.14. The van der Waals surface area contributed by atoms with Crippen molar-refractivity contribution in [2.24, 2.45) is 0 Å². The van der Waals surface area contributed by atoms with Crippen LogP contribution >= 0.6 is 0 Å². The van der Waals surface area contributed by atoms with Crippen molar-refractivity contribution in [2.45, 2.75) is 37.0 Å². The lowest BCUT2D eigenvalue weighted by Gasteiger charge is -2.14. The summed E-state index contributed by atoms with van der Waals surface area (Å²) in [7, 11) is -3.75. The number of carboxylic acid groups (broad SMARTS) is 1. The van der Waals surface area contributed by atoms with Crippen LogP contribution in [0.15, 0.2) is 95.9 Å². The first-order chi connectivity index (χ1) is 16.5. The van der Waals surface area contributed by atoms with Crippen LogP contribution in [-0.2, 0) is 22.9 Å². The number of carboxylic acids is 1. The smallest absolute Gasteiger partial charge is 0.335 e. The van der Waals surface area contributed by atoms with E-state index in [4.69, 9.17) is 0 Å². The number of fused-ring (bicyclic) bond motifs is 1. The second-order valence-corrected chi connectivity index (χ2v) is 9.91. The maximum atomic E-state index is 13.2. The summed E-state index contributed by atoms with van der Waals surface area (Å²) in [5.74, 6) is -0.900. The van der Waals surface area contributed by atoms with Gasteiger partial charge in [-0.05, 0) is 60.4 Å². The van der Waals surface area contributed by atoms with Crippen LogP contribution in [0.25, 0.3) is 10.8 Å². The molecule has 4 aromatic carbocycles. The minimum atomic E-state index is -3.75. The van der Waals surface area contributed by atoms with Crippen molar-refractivity contribution in [1.29, 1.82) is 0 Å². The average molecular weight is 474 g/mol. The largest absolute Gasteiger partial charge is 0.478 e. The highest BCUT2D eigenvalue weighted by molar-refractivity contribution is 7.93. The van der Waals surface area contributed by atoms with Gasteiger partial charge in [0.15, 0.2) is 0 Å². The number of para-hydroxylation sites is 1. The molecular weight excluding hydrogens is 446 g/mol. The molecule has 0 saturated heterocycles. The van der Waals surface area contributed by atoms with Crippen molar-refractivity contribution in [1.82, 2.24) is 0 Å². The summed E-state index contributed by atoms with van der Waals surface area (Å²) >= 11 is 0. The molecule has 6 heteroatoms. The molecule has 0 aliphatic rings. The highest BCUT2D eigenvalue weighted by Crippen LogP contribution is 2.27. The monoisotopic (exact) mass is 473 g/mol. The molecule has 0 bridgehead atoms. The van der Waals surface area contributed by atoms with Crippen LogP contribution in [0.1, 0.15) is 40.7 Å². The van der Waals surface area contributed by atoms with Gasteiger partial charge in [-0.15, -0.1) is 0 Å². The number of anilines is 1. The van der Waals surface area contributed by atoms with Gasteiger partial charge in [-0.2, -0.15) is 0 Å². The van der Waals surface area contributed by atoms with Crippen molar-refractivity contribution in [3.05, 3.63) is 108 Å². The first-order valence-corrected chi connectivity index (χ1v) is 12.8. The Hall–Kier alpha value is -3.64. The SMILES string of the molecule is O=C(O)c1ccccc1CCCCCc1ccccc1NS(=O)(=O)c1cccc2ccccc12. The molecule has 0 heterocycles. The van der Waals surface area contributed by atoms with Crippen molar-refractivity contribution in [2.75, 3.05) is 4.72 Å². The van der Waals surface area contributed by atoms with Crippen LogP contribution in [0, 0.1) is 0 Å². The van der Waals surface area contributed by atoms with Crippen molar-refractivity contribution in [3.8, 4) is 0 Å². The van der Waals surface area contributed by atoms with Gasteiger partial charge in [0, 0.05) is 5.39 Å². The number of carbonyl (C=O) groups is 1. The van der Waals surface area contributed by atoms with Gasteiger partial charge in [0.25, 0.3) is 10.0 Å². The zero-order valence-electron chi connectivity index (χ0n) is 18.8. The third-order valence-electron chi connectivity index (χ3n) is 5.94. The van der Waals surface area contributed by atoms with E-state index in [9.17, 15) is 18.3 Å². The topological polar surface area (TPSA) is 83.5 Å². The highest BCUT2D eigenvalue weighted by Gasteiger charge is 2.18. The van der Waals surface area contributed by atoms with Crippen LogP contribution in [0.5, 0.6) is 0 Å². The van der Waals surface area contributed by atoms with E-state index in [1.54, 1.807) is 30.3 Å². The fraction of sp³-hybridized carbons (Fsp3) is 0.179. The molecule has 0 aromatic heterocycles. The second-order valence-electron chi connectivity index (χ2n) is 8.26. The summed E-state index contributed by atoms with van der Waals surface area (Å²) in [6.07, 6.45) is 4.10. The summed E-state index contributed by atoms with van der Waals surface area (Å²) in [6.45, 7) is 0. The molecule has 0 radical (unpaired) electrons. The number of unbranched alkanes of at least 4 members (excludes halogenated alkanes) is 2. The standard InChI is InChI=1S/C28H27NO4S/c30-28(31)25-18-8-5-13-22(25)11-2-1-3-14-23-15-6-9-19-26(23)29-34(32,33)27-20-10-16-21-12-4-7-17-24(21)27/h4-10,12-13,15-20,29H,1-3,11,14H2,(H,30,31). The number of rotatable bonds is 10. The number of nitrogens with one attached hydrogen (secondary N) is 1. The minimum Gasteiger partial charge on any atom is -0.478 e. The molecule has 0 saturated carbocycles. The van der Waals surface area contributed by atoms with Crippen LogP contribution in [-0.4, -0.2) is 19.5 Å². The van der Waals surface area contributed by atoms with Crippen LogP contribution in [0.3, 0.4) is 0 Å². The quantitative estimate of drug-likeness (QED) is 0.265. The molecular formula is C28H27NO4S. The van der Waals surface area contributed by atoms with Gasteiger partial charge in [0.05, 0.1) is 16.1 Å². The number of sulfonamides is 1. The van der Waals surface area contributed by atoms with E-state index >= 15 is 0 Å². The van der Waals surface area contributed by atoms with E-state index in [-0.39, 0.29) is 4.90 Å². The third-order valence-corrected chi connectivity index (χ3v) is 7.36. The van der Waals surface area contributed by atoms with Gasteiger partial charge in [0.1, 0.15) is 0 Å². The molecule has 34 heavy (non-hydrogen) atoms. The summed E-state index contributed by atoms with van der Waals surface area (Å²) in [6, 6.07) is 27.3. The second kappa shape index (κ2) is 10.5. The third kappa shape index (κ3) is 5.46. The first kappa shape index (κ1) is 23.5. The van der Waals surface area contributed by atoms with Gasteiger partial charge in [0.2, 0.25) is 0 Å². The molecule has 0 fully saturated rings. The molecule has 0 aliphatic carbocycles. The lowest BCUT2D eigenvalue weighted by molar-refractivity contribution is 0.0695. The summed E-state index contributed by atoms with van der Waals surface area (Å²) in [4.78, 5) is 11.6. The fourth-order valence-electron chi connectivity index (χ4n) is 4.22. The van der Waals surface area contributed by atoms with E-state index in [0.29, 0.717) is 23.1 Å². The van der Waals surface area contributed by atoms with E-state index < -0.39 is 16.0 Å². The van der Waals surface area contributed by atoms with Gasteiger partial charge >= 0.3 is 5.97 Å². The van der Waals surface area contributed by atoms with Gasteiger partial charge in [-0.3, -0.25) is 4.72 Å². The Morgan fingerprint density at radius 2 is 1.32 bits per heavy atom. The Morgan fingerprint density at radius 1 is 0.706 bits per heavy atom. The fourth-order valence-corrected chi connectivity index (χ4v) is 5.55. The maximum absolute atomic E-state index is 13.2. The van der Waals surface area contributed by atoms with E-state index in [1.807, 2.05) is 60.7 Å². The number of aryl methyl sites for hydroxylation is 2. The average Bonchev–Trinajstić information content (AvgIpc) is 2.84. The van der Waals surface area contributed by atoms with Crippen LogP contribution in [0.4, 0.5) is 5.69 Å². The molecule has 2 N–H and O–H groups in total. The Labute approximate surface area is 200 Å². The predicted octanol–water partition coefficient (Wildman–Crippen LogP) is 6.29. The Bertz CT molecular complexity index is 1410. The van der Waals surface area contributed by atoms with E-state index in [1.165, 1.54) is 0 Å². The molecule has 0 unspecified atom stereocenters. The molecule has 4 rings (SSSR count). The normalized spacial score (nSPS) is 11.4. The molecule has 0 spiro atoms. The first-order valence-electron chi connectivity index (χ1n) is 11.4. The maximum Gasteiger partial charge on any atom is 0.335 e. The summed E-state index contributed by atoms with van der Waals surface area (Å²) < 4.78 is 29.2. The van der Waals surface area contributed by atoms with Gasteiger partial charge in [-0.1, -0.05) is 79.2 Å². The summed E-state index contributed by atoms with van der Waals surface area (Å²) in [5.41, 5.74) is 2.73. The Morgan fingerprint density at radius 3 is 2.12 bits per heavy atom. The zero-order chi connectivity index (χ0) is 24.0. The summed E-state index contributed by atoms with van der Waals surface area (Å²) in [5, 5.41) is 10.9. The molecule has 0 aliphatic heterocycles. The minimum absolute atomic E-state index is 0.262. The molecule has 174 valence electrons. The number of benzene rings is 4. The molecule has 0 amide bonds. The van der Waals surface area contributed by atoms with E-state index in [0.717, 1.165) is 42.2 Å². The van der Waals surface area contributed by atoms with Gasteiger partial charge < -0.3 is 5.11 Å². The van der Waals surface area contributed by atoms with Crippen molar-refractivity contribution in [3.63, 3.8) is 0 Å². The Balaban J connectivity index is 1.41. The Kier molecular flexibility index (Phi) is 7.28. The number of aromatic carboxylic acids is 1. The van der Waals surface area contributed by atoms with Crippen LogP contribution in [0.2, 0.25) is 0 Å². The van der Waals surface area contributed by atoms with Crippen LogP contribution < -0.4 is 4.72 Å². The van der Waals surface area contributed by atoms with Gasteiger partial charge in [-0.25, -0.2) is 13.2 Å². The van der Waals surface area contributed by atoms with E-state index in [2.05, 4.69) is 4.72 Å².